The third-order valence-corrected chi connectivity index (χ3v) is 4.37. The van der Waals surface area contributed by atoms with E-state index in [0.29, 0.717) is 22.1 Å². The Morgan fingerprint density at radius 3 is 2.56 bits per heavy atom. The molecule has 0 saturated carbocycles. The Labute approximate surface area is 150 Å². The monoisotopic (exact) mass is 359 g/mol. The van der Waals surface area contributed by atoms with E-state index < -0.39 is 11.8 Å². The second-order valence-electron chi connectivity index (χ2n) is 5.72. The van der Waals surface area contributed by atoms with Crippen LogP contribution in [0.5, 0.6) is 0 Å². The zero-order valence-electron chi connectivity index (χ0n) is 13.9. The summed E-state index contributed by atoms with van der Waals surface area (Å²) in [6.07, 6.45) is 0. The van der Waals surface area contributed by atoms with Gasteiger partial charge in [-0.3, -0.25) is 4.79 Å². The molecule has 25 heavy (non-hydrogen) atoms. The molecule has 0 spiro atoms. The van der Waals surface area contributed by atoms with Gasteiger partial charge in [0, 0.05) is 22.2 Å². The normalized spacial score (nSPS) is 19.1. The number of rotatable bonds is 3. The van der Waals surface area contributed by atoms with Crippen molar-refractivity contribution in [3.8, 4) is 0 Å². The molecule has 1 aliphatic rings. The smallest absolute Gasteiger partial charge is 0.315 e. The molecule has 1 aromatic heterocycles. The van der Waals surface area contributed by atoms with Crippen molar-refractivity contribution >= 4 is 40.9 Å². The third kappa shape index (κ3) is 3.15. The minimum absolute atomic E-state index is 0.0391. The zero-order chi connectivity index (χ0) is 18.1. The van der Waals surface area contributed by atoms with E-state index in [1.807, 2.05) is 12.1 Å². The quantitative estimate of drug-likeness (QED) is 0.814. The first-order valence-electron chi connectivity index (χ1n) is 7.82. The van der Waals surface area contributed by atoms with E-state index in [1.165, 1.54) is 0 Å². The number of nitrogen functional groups attached to an aromatic ring is 2. The van der Waals surface area contributed by atoms with Crippen LogP contribution in [-0.2, 0) is 9.53 Å². The molecule has 0 fully saturated rings. The van der Waals surface area contributed by atoms with Gasteiger partial charge < -0.3 is 16.2 Å². The molecule has 2 heterocycles. The van der Waals surface area contributed by atoms with Crippen molar-refractivity contribution < 1.29 is 9.53 Å². The number of halogens is 1. The summed E-state index contributed by atoms with van der Waals surface area (Å²) in [4.78, 5) is 25.3. The summed E-state index contributed by atoms with van der Waals surface area (Å²) in [6, 6.07) is 7.21. The van der Waals surface area contributed by atoms with E-state index >= 15 is 0 Å². The Bertz CT molecular complexity index is 851. The maximum absolute atomic E-state index is 12.6. The van der Waals surface area contributed by atoms with Gasteiger partial charge in [-0.25, -0.2) is 4.99 Å². The molecule has 3 rings (SSSR count). The number of hydrogen-bond donors (Lipinski definition) is 2. The van der Waals surface area contributed by atoms with Crippen molar-refractivity contribution in [2.45, 2.75) is 19.8 Å². The number of aromatic nitrogens is 2. The van der Waals surface area contributed by atoms with Crippen LogP contribution in [0.15, 0.2) is 29.3 Å². The molecular formula is C17H18ClN5O2. The number of fused-ring (bicyclic) bond motifs is 1. The molecular weight excluding hydrogens is 342 g/mol. The maximum atomic E-state index is 12.6. The van der Waals surface area contributed by atoms with Crippen LogP contribution in [0.4, 0.5) is 17.6 Å². The highest BCUT2D eigenvalue weighted by molar-refractivity contribution is 6.30. The lowest BCUT2D eigenvalue weighted by molar-refractivity contribution is -0.146. The van der Waals surface area contributed by atoms with E-state index in [9.17, 15) is 4.79 Å². The van der Waals surface area contributed by atoms with Gasteiger partial charge in [-0.05, 0) is 31.5 Å². The largest absolute Gasteiger partial charge is 0.465 e. The Balaban J connectivity index is 2.22. The summed E-state index contributed by atoms with van der Waals surface area (Å²) in [5.41, 5.74) is 13.8. The Kier molecular flexibility index (Phi) is 4.59. The summed E-state index contributed by atoms with van der Waals surface area (Å²) in [5, 5.41) is 0.597. The SMILES string of the molecule is CCOC(=O)C1C(C)=Nc2nc(N)nc(N)c2C1c1ccc(Cl)cc1. The standard InChI is InChI=1S/C17H18ClN5O2/c1-3-25-16(24)11-8(2)21-15-13(14(19)22-17(20)23-15)12(11)9-4-6-10(18)7-5-9/h4-7,11-12H,3H2,1-2H3,(H4,19,20,22,23). The summed E-state index contributed by atoms with van der Waals surface area (Å²) in [6.45, 7) is 3.80. The van der Waals surface area contributed by atoms with Crippen molar-refractivity contribution in [3.05, 3.63) is 40.4 Å². The van der Waals surface area contributed by atoms with Crippen molar-refractivity contribution in [1.29, 1.82) is 0 Å². The molecule has 1 aliphatic heterocycles. The first-order valence-corrected chi connectivity index (χ1v) is 8.20. The van der Waals surface area contributed by atoms with Gasteiger partial charge in [0.1, 0.15) is 11.7 Å². The summed E-state index contributed by atoms with van der Waals surface area (Å²) in [5.74, 6) is -0.800. The zero-order valence-corrected chi connectivity index (χ0v) is 14.6. The summed E-state index contributed by atoms with van der Waals surface area (Å²) < 4.78 is 5.25. The fourth-order valence-corrected chi connectivity index (χ4v) is 3.21. The van der Waals surface area contributed by atoms with Gasteiger partial charge in [0.15, 0.2) is 5.82 Å². The predicted molar refractivity (Wildman–Crippen MR) is 97.0 cm³/mol. The number of esters is 1. The molecule has 0 bridgehead atoms. The average molecular weight is 360 g/mol. The number of nitrogens with two attached hydrogens (primary N) is 2. The molecule has 4 N–H and O–H groups in total. The van der Waals surface area contributed by atoms with Crippen molar-refractivity contribution in [3.63, 3.8) is 0 Å². The molecule has 2 unspecified atom stereocenters. The first-order chi connectivity index (χ1) is 11.9. The van der Waals surface area contributed by atoms with Crippen LogP contribution in [0.3, 0.4) is 0 Å². The number of hydrogen-bond acceptors (Lipinski definition) is 7. The van der Waals surface area contributed by atoms with Crippen LogP contribution in [0, 0.1) is 5.92 Å². The van der Waals surface area contributed by atoms with Gasteiger partial charge in [0.05, 0.1) is 6.61 Å². The van der Waals surface area contributed by atoms with E-state index in [-0.39, 0.29) is 24.3 Å². The van der Waals surface area contributed by atoms with Crippen LogP contribution < -0.4 is 11.5 Å². The van der Waals surface area contributed by atoms with Gasteiger partial charge in [-0.1, -0.05) is 23.7 Å². The van der Waals surface area contributed by atoms with Crippen LogP contribution in [-0.4, -0.2) is 28.3 Å². The number of carbonyl (C=O) groups excluding carboxylic acids is 1. The lowest BCUT2D eigenvalue weighted by atomic mass is 9.77. The minimum Gasteiger partial charge on any atom is -0.465 e. The lowest BCUT2D eigenvalue weighted by Gasteiger charge is -2.31. The maximum Gasteiger partial charge on any atom is 0.315 e. The van der Waals surface area contributed by atoms with Gasteiger partial charge in [-0.15, -0.1) is 0 Å². The number of benzene rings is 1. The van der Waals surface area contributed by atoms with Crippen molar-refractivity contribution in [2.75, 3.05) is 18.1 Å². The number of ether oxygens (including phenoxy) is 1. The number of aliphatic imine (C=N–C) groups is 1. The molecule has 7 nitrogen and oxygen atoms in total. The highest BCUT2D eigenvalue weighted by Gasteiger charge is 2.40. The molecule has 1 aromatic carbocycles. The van der Waals surface area contributed by atoms with Crippen molar-refractivity contribution in [2.24, 2.45) is 10.9 Å². The molecule has 0 saturated heterocycles. The van der Waals surface area contributed by atoms with Gasteiger partial charge >= 0.3 is 5.97 Å². The molecule has 0 aliphatic carbocycles. The average Bonchev–Trinajstić information content (AvgIpc) is 2.54. The van der Waals surface area contributed by atoms with Gasteiger partial charge in [0.2, 0.25) is 5.95 Å². The predicted octanol–water partition coefficient (Wildman–Crippen LogP) is 2.71. The van der Waals surface area contributed by atoms with E-state index in [4.69, 9.17) is 27.8 Å². The summed E-state index contributed by atoms with van der Waals surface area (Å²) in [7, 11) is 0. The highest BCUT2D eigenvalue weighted by atomic mass is 35.5. The molecule has 2 atom stereocenters. The fourth-order valence-electron chi connectivity index (χ4n) is 3.09. The molecule has 130 valence electrons. The Morgan fingerprint density at radius 1 is 1.24 bits per heavy atom. The highest BCUT2D eigenvalue weighted by Crippen LogP contribution is 2.44. The molecule has 0 radical (unpaired) electrons. The molecule has 8 heteroatoms. The second-order valence-corrected chi connectivity index (χ2v) is 6.15. The van der Waals surface area contributed by atoms with Crippen molar-refractivity contribution in [1.82, 2.24) is 9.97 Å². The lowest BCUT2D eigenvalue weighted by Crippen LogP contribution is -2.34. The van der Waals surface area contributed by atoms with Crippen LogP contribution in [0.25, 0.3) is 0 Å². The Hall–Kier alpha value is -2.67. The van der Waals surface area contributed by atoms with E-state index in [0.717, 1.165) is 5.56 Å². The molecule has 0 amide bonds. The topological polar surface area (TPSA) is 116 Å². The van der Waals surface area contributed by atoms with Gasteiger partial charge in [-0.2, -0.15) is 9.97 Å². The van der Waals surface area contributed by atoms with Gasteiger partial charge in [0.25, 0.3) is 0 Å². The van der Waals surface area contributed by atoms with E-state index in [1.54, 1.807) is 26.0 Å². The van der Waals surface area contributed by atoms with Crippen LogP contribution in [0.1, 0.15) is 30.9 Å². The van der Waals surface area contributed by atoms with E-state index in [2.05, 4.69) is 15.0 Å². The summed E-state index contributed by atoms with van der Waals surface area (Å²) >= 11 is 6.00. The number of anilines is 2. The van der Waals surface area contributed by atoms with Crippen LogP contribution in [0.2, 0.25) is 5.02 Å². The second kappa shape index (κ2) is 6.68. The fraction of sp³-hybridized carbons (Fsp3) is 0.294. The molecule has 2 aromatic rings. The number of carbonyl (C=O) groups is 1. The third-order valence-electron chi connectivity index (χ3n) is 4.12. The Morgan fingerprint density at radius 2 is 1.92 bits per heavy atom. The minimum atomic E-state index is -0.622. The number of nitrogens with zero attached hydrogens (tertiary/aromatic N) is 3. The first kappa shape index (κ1) is 17.2. The van der Waals surface area contributed by atoms with Crippen LogP contribution >= 0.6 is 11.6 Å².